The normalized spacial score (nSPS) is 11.3. The summed E-state index contributed by atoms with van der Waals surface area (Å²) in [6.45, 7) is 2.10. The Balaban J connectivity index is 1.45. The summed E-state index contributed by atoms with van der Waals surface area (Å²) in [4.78, 5) is 25.2. The molecule has 38 heavy (non-hydrogen) atoms. The number of halogens is 2. The van der Waals surface area contributed by atoms with Crippen molar-refractivity contribution in [3.8, 4) is 5.75 Å². The molecule has 9 heteroatoms. The maximum atomic E-state index is 14.1. The molecular formula is C29H25F2N3O3S. The van der Waals surface area contributed by atoms with Crippen molar-refractivity contribution in [3.05, 3.63) is 125 Å². The first-order valence-electron chi connectivity index (χ1n) is 11.7. The van der Waals surface area contributed by atoms with Crippen LogP contribution in [0.25, 0.3) is 0 Å². The first kappa shape index (κ1) is 26.7. The van der Waals surface area contributed by atoms with E-state index in [0.29, 0.717) is 17.1 Å². The van der Waals surface area contributed by atoms with Crippen LogP contribution in [0.15, 0.2) is 97.1 Å². The molecule has 3 N–H and O–H groups in total. The first-order valence-corrected chi connectivity index (χ1v) is 12.6. The van der Waals surface area contributed by atoms with Gasteiger partial charge in [-0.2, -0.15) is 0 Å². The summed E-state index contributed by atoms with van der Waals surface area (Å²) in [5.41, 5.74) is 2.41. The average molecular weight is 534 g/mol. The number of anilines is 2. The number of carbonyl (C=O) groups excluding carboxylic acids is 2. The highest BCUT2D eigenvalue weighted by molar-refractivity contribution is 7.98. The van der Waals surface area contributed by atoms with E-state index in [1.807, 2.05) is 37.3 Å². The highest BCUT2D eigenvalue weighted by atomic mass is 32.2. The van der Waals surface area contributed by atoms with Gasteiger partial charge >= 0.3 is 6.03 Å². The number of hydrogen-bond donors (Lipinski definition) is 3. The maximum absolute atomic E-state index is 14.1. The number of amides is 3. The third-order valence-corrected chi connectivity index (χ3v) is 6.44. The van der Waals surface area contributed by atoms with Crippen LogP contribution in [-0.2, 0) is 6.61 Å². The summed E-state index contributed by atoms with van der Waals surface area (Å²) in [5, 5.41) is 5.31. The van der Waals surface area contributed by atoms with E-state index in [9.17, 15) is 18.4 Å². The molecule has 6 nitrogen and oxygen atoms in total. The van der Waals surface area contributed by atoms with Gasteiger partial charge in [-0.1, -0.05) is 54.6 Å². The molecule has 0 heterocycles. The number of nitrogens with one attached hydrogen (secondary N) is 3. The molecule has 0 spiro atoms. The smallest absolute Gasteiger partial charge is 0.329 e. The molecule has 194 valence electrons. The van der Waals surface area contributed by atoms with Gasteiger partial charge in [-0.3, -0.25) is 9.52 Å². The fourth-order valence-electron chi connectivity index (χ4n) is 3.49. The largest absolute Gasteiger partial charge is 0.487 e. The number of urea groups is 1. The van der Waals surface area contributed by atoms with Gasteiger partial charge in [0.2, 0.25) is 0 Å². The van der Waals surface area contributed by atoms with E-state index in [0.717, 1.165) is 11.1 Å². The molecule has 4 aromatic carbocycles. The number of hydrogen-bond acceptors (Lipinski definition) is 4. The molecule has 3 amide bonds. The summed E-state index contributed by atoms with van der Waals surface area (Å²) in [6, 6.07) is 25.5. The van der Waals surface area contributed by atoms with Crippen LogP contribution in [0.1, 0.15) is 33.7 Å². The monoisotopic (exact) mass is 533 g/mol. The lowest BCUT2D eigenvalue weighted by Crippen LogP contribution is -2.23. The van der Waals surface area contributed by atoms with Gasteiger partial charge in [0.05, 0.1) is 11.3 Å². The van der Waals surface area contributed by atoms with Gasteiger partial charge in [0.25, 0.3) is 5.91 Å². The summed E-state index contributed by atoms with van der Waals surface area (Å²) < 4.78 is 35.9. The Morgan fingerprint density at radius 1 is 0.868 bits per heavy atom. The van der Waals surface area contributed by atoms with Crippen LogP contribution in [-0.4, -0.2) is 11.9 Å². The van der Waals surface area contributed by atoms with E-state index in [-0.39, 0.29) is 23.2 Å². The molecule has 0 saturated carbocycles. The van der Waals surface area contributed by atoms with Crippen LogP contribution in [0.5, 0.6) is 5.75 Å². The van der Waals surface area contributed by atoms with E-state index < -0.39 is 17.8 Å². The second-order valence-corrected chi connectivity index (χ2v) is 9.43. The number of ether oxygens (including phenoxy) is 1. The van der Waals surface area contributed by atoms with Crippen molar-refractivity contribution in [2.75, 3.05) is 10.6 Å². The molecule has 0 aliphatic heterocycles. The van der Waals surface area contributed by atoms with Gasteiger partial charge in [0.1, 0.15) is 24.0 Å². The van der Waals surface area contributed by atoms with Crippen molar-refractivity contribution < 1.29 is 23.1 Å². The van der Waals surface area contributed by atoms with Gasteiger partial charge in [0.15, 0.2) is 0 Å². The Bertz CT molecular complexity index is 1400. The second-order valence-electron chi connectivity index (χ2n) is 8.29. The zero-order chi connectivity index (χ0) is 26.9. The van der Waals surface area contributed by atoms with Gasteiger partial charge in [-0.25, -0.2) is 13.6 Å². The van der Waals surface area contributed by atoms with E-state index in [1.54, 1.807) is 36.4 Å². The van der Waals surface area contributed by atoms with Crippen molar-refractivity contribution in [2.45, 2.75) is 18.8 Å². The van der Waals surface area contributed by atoms with E-state index >= 15 is 0 Å². The van der Waals surface area contributed by atoms with Crippen LogP contribution in [0, 0.1) is 11.6 Å². The topological polar surface area (TPSA) is 79.5 Å². The molecule has 4 rings (SSSR count). The van der Waals surface area contributed by atoms with Crippen molar-refractivity contribution >= 4 is 35.3 Å². The Morgan fingerprint density at radius 3 is 2.32 bits per heavy atom. The Morgan fingerprint density at radius 2 is 1.58 bits per heavy atom. The molecule has 0 fully saturated rings. The van der Waals surface area contributed by atoms with E-state index in [4.69, 9.17) is 4.74 Å². The molecule has 0 aromatic heterocycles. The number of rotatable bonds is 9. The van der Waals surface area contributed by atoms with Crippen LogP contribution in [0.4, 0.5) is 25.0 Å². The quantitative estimate of drug-likeness (QED) is 0.197. The van der Waals surface area contributed by atoms with Crippen molar-refractivity contribution in [2.24, 2.45) is 0 Å². The Hall–Kier alpha value is -4.37. The SMILES string of the molecule is CC(SNC(=O)Nc1ccc(NC(=O)c2ccccc2F)c(OCc2ccccc2)c1)c1ccc(F)cc1. The molecule has 4 aromatic rings. The van der Waals surface area contributed by atoms with Crippen molar-refractivity contribution in [1.29, 1.82) is 0 Å². The zero-order valence-electron chi connectivity index (χ0n) is 20.4. The molecule has 0 saturated heterocycles. The second kappa shape index (κ2) is 12.7. The zero-order valence-corrected chi connectivity index (χ0v) is 21.2. The highest BCUT2D eigenvalue weighted by Crippen LogP contribution is 2.30. The molecule has 0 aliphatic rings. The molecule has 1 unspecified atom stereocenters. The molecule has 0 bridgehead atoms. The van der Waals surface area contributed by atoms with Crippen LogP contribution < -0.4 is 20.1 Å². The summed E-state index contributed by atoms with van der Waals surface area (Å²) >= 11 is 1.18. The highest BCUT2D eigenvalue weighted by Gasteiger charge is 2.16. The number of benzene rings is 4. The maximum Gasteiger partial charge on any atom is 0.329 e. The molecule has 0 radical (unpaired) electrons. The Kier molecular flexibility index (Phi) is 8.94. The van der Waals surface area contributed by atoms with Gasteiger partial charge < -0.3 is 15.4 Å². The van der Waals surface area contributed by atoms with Gasteiger partial charge in [0, 0.05) is 17.0 Å². The van der Waals surface area contributed by atoms with Crippen LogP contribution in [0.3, 0.4) is 0 Å². The lowest BCUT2D eigenvalue weighted by Gasteiger charge is -2.16. The van der Waals surface area contributed by atoms with Crippen molar-refractivity contribution in [1.82, 2.24) is 4.72 Å². The van der Waals surface area contributed by atoms with Gasteiger partial charge in [-0.15, -0.1) is 0 Å². The summed E-state index contributed by atoms with van der Waals surface area (Å²) in [7, 11) is 0. The minimum Gasteiger partial charge on any atom is -0.487 e. The summed E-state index contributed by atoms with van der Waals surface area (Å²) in [5.74, 6) is -1.30. The molecular weight excluding hydrogens is 508 g/mol. The lowest BCUT2D eigenvalue weighted by atomic mass is 10.2. The molecule has 1 atom stereocenters. The molecule has 0 aliphatic carbocycles. The third kappa shape index (κ3) is 7.33. The Labute approximate surface area is 223 Å². The lowest BCUT2D eigenvalue weighted by molar-refractivity contribution is 0.102. The fourth-order valence-corrected chi connectivity index (χ4v) is 4.12. The third-order valence-electron chi connectivity index (χ3n) is 5.51. The predicted molar refractivity (Wildman–Crippen MR) is 146 cm³/mol. The first-order chi connectivity index (χ1) is 18.4. The number of carbonyl (C=O) groups is 2. The van der Waals surface area contributed by atoms with Crippen molar-refractivity contribution in [3.63, 3.8) is 0 Å². The van der Waals surface area contributed by atoms with Crippen LogP contribution >= 0.6 is 11.9 Å². The average Bonchev–Trinajstić information content (AvgIpc) is 2.93. The van der Waals surface area contributed by atoms with E-state index in [2.05, 4.69) is 15.4 Å². The van der Waals surface area contributed by atoms with Gasteiger partial charge in [-0.05, 0) is 66.4 Å². The predicted octanol–water partition coefficient (Wildman–Crippen LogP) is 7.33. The van der Waals surface area contributed by atoms with Crippen LogP contribution in [0.2, 0.25) is 0 Å². The van der Waals surface area contributed by atoms with E-state index in [1.165, 1.54) is 42.3 Å². The fraction of sp³-hybridized carbons (Fsp3) is 0.103. The minimum atomic E-state index is -0.640. The minimum absolute atomic E-state index is 0.101. The summed E-state index contributed by atoms with van der Waals surface area (Å²) in [6.07, 6.45) is 0. The standard InChI is InChI=1S/C29H25F2N3O3S/c1-19(21-11-13-22(30)14-12-21)38-34-29(36)32-23-15-16-26(33-28(35)24-9-5-6-10-25(24)31)27(17-23)37-18-20-7-3-2-4-8-20/h2-17,19H,18H2,1H3,(H,33,35)(H2,32,34,36).